The maximum absolute atomic E-state index is 12.8. The van der Waals surface area contributed by atoms with Crippen molar-refractivity contribution in [3.05, 3.63) is 71.8 Å². The lowest BCUT2D eigenvalue weighted by Gasteiger charge is -2.18. The Morgan fingerprint density at radius 1 is 0.700 bits per heavy atom. The van der Waals surface area contributed by atoms with Gasteiger partial charge in [-0.25, -0.2) is 0 Å². The number of rotatable bonds is 6. The van der Waals surface area contributed by atoms with Crippen LogP contribution in [0.15, 0.2) is 60.7 Å². The highest BCUT2D eigenvalue weighted by molar-refractivity contribution is 5.89. The van der Waals surface area contributed by atoms with Crippen molar-refractivity contribution in [2.45, 2.75) is 36.8 Å². The molecular weight excluding hydrogens is 398 g/mol. The minimum absolute atomic E-state index is 0. The van der Waals surface area contributed by atoms with Crippen LogP contribution in [0, 0.1) is 11.8 Å². The van der Waals surface area contributed by atoms with Crippen molar-refractivity contribution in [2.75, 3.05) is 13.1 Å². The lowest BCUT2D eigenvalue weighted by molar-refractivity contribution is -0.133. The van der Waals surface area contributed by atoms with E-state index in [4.69, 9.17) is 0 Å². The van der Waals surface area contributed by atoms with Crippen molar-refractivity contribution >= 4 is 24.2 Å². The molecule has 2 aliphatic carbocycles. The van der Waals surface area contributed by atoms with Crippen molar-refractivity contribution < 1.29 is 9.59 Å². The first-order valence-corrected chi connectivity index (χ1v) is 10.6. The first-order chi connectivity index (χ1) is 14.2. The quantitative estimate of drug-likeness (QED) is 0.666. The Labute approximate surface area is 183 Å². The molecule has 1 heterocycles. The van der Waals surface area contributed by atoms with Crippen LogP contribution in [0.4, 0.5) is 0 Å². The molecule has 3 aliphatic rings. The highest BCUT2D eigenvalue weighted by atomic mass is 35.5. The largest absolute Gasteiger partial charge is 0.352 e. The van der Waals surface area contributed by atoms with Crippen molar-refractivity contribution in [2.24, 2.45) is 11.8 Å². The average Bonchev–Trinajstić information content (AvgIpc) is 3.65. The number of carbonyl (C=O) groups excluding carboxylic acids is 2. The normalized spacial score (nSPS) is 31.3. The molecule has 2 amide bonds. The van der Waals surface area contributed by atoms with Crippen LogP contribution >= 0.6 is 12.4 Å². The zero-order valence-corrected chi connectivity index (χ0v) is 17.6. The van der Waals surface area contributed by atoms with Crippen LogP contribution in [-0.4, -0.2) is 37.0 Å². The fraction of sp³-hybridized carbons (Fsp3) is 0.417. The van der Waals surface area contributed by atoms with Gasteiger partial charge in [-0.3, -0.25) is 9.59 Å². The van der Waals surface area contributed by atoms with Gasteiger partial charge in [-0.1, -0.05) is 60.7 Å². The second kappa shape index (κ2) is 8.78. The van der Waals surface area contributed by atoms with Crippen LogP contribution in [0.1, 0.15) is 35.8 Å². The van der Waals surface area contributed by atoms with E-state index >= 15 is 0 Å². The van der Waals surface area contributed by atoms with E-state index in [0.717, 1.165) is 12.8 Å². The highest BCUT2D eigenvalue weighted by Gasteiger charge is 2.46. The molecule has 6 heteroatoms. The second-order valence-corrected chi connectivity index (χ2v) is 8.61. The summed E-state index contributed by atoms with van der Waals surface area (Å²) in [6.07, 6.45) is 1.96. The first-order valence-electron chi connectivity index (χ1n) is 10.6. The Hall–Kier alpha value is -2.37. The minimum Gasteiger partial charge on any atom is -0.352 e. The van der Waals surface area contributed by atoms with Crippen LogP contribution in [0.25, 0.3) is 0 Å². The summed E-state index contributed by atoms with van der Waals surface area (Å²) in [5, 5.41) is 9.58. The van der Waals surface area contributed by atoms with Gasteiger partial charge in [0.15, 0.2) is 0 Å². The third-order valence-corrected chi connectivity index (χ3v) is 6.58. The Bertz CT molecular complexity index is 818. The van der Waals surface area contributed by atoms with Crippen LogP contribution in [-0.2, 0) is 9.59 Å². The Kier molecular flexibility index (Phi) is 6.11. The topological polar surface area (TPSA) is 70.2 Å². The van der Waals surface area contributed by atoms with E-state index in [1.807, 2.05) is 36.4 Å². The summed E-state index contributed by atoms with van der Waals surface area (Å²) in [7, 11) is 0. The summed E-state index contributed by atoms with van der Waals surface area (Å²) in [6.45, 7) is 1.14. The molecule has 0 spiro atoms. The van der Waals surface area contributed by atoms with E-state index in [-0.39, 0.29) is 48.1 Å². The molecule has 1 aliphatic heterocycles. The highest BCUT2D eigenvalue weighted by Crippen LogP contribution is 2.42. The molecule has 3 N–H and O–H groups in total. The molecule has 2 saturated carbocycles. The predicted octanol–water partition coefficient (Wildman–Crippen LogP) is 2.59. The van der Waals surface area contributed by atoms with Crippen LogP contribution in [0.3, 0.4) is 0 Å². The van der Waals surface area contributed by atoms with E-state index in [0.29, 0.717) is 24.9 Å². The molecule has 2 aromatic carbocycles. The second-order valence-electron chi connectivity index (χ2n) is 8.61. The number of benzene rings is 2. The van der Waals surface area contributed by atoms with Crippen LogP contribution in [0.2, 0.25) is 0 Å². The fourth-order valence-corrected chi connectivity index (χ4v) is 4.66. The zero-order valence-electron chi connectivity index (χ0n) is 16.8. The molecule has 0 radical (unpaired) electrons. The van der Waals surface area contributed by atoms with Crippen molar-refractivity contribution in [3.8, 4) is 0 Å². The summed E-state index contributed by atoms with van der Waals surface area (Å²) < 4.78 is 0. The number of halogens is 1. The predicted molar refractivity (Wildman–Crippen MR) is 119 cm³/mol. The molecule has 0 bridgehead atoms. The molecule has 30 heavy (non-hydrogen) atoms. The molecule has 158 valence electrons. The van der Waals surface area contributed by atoms with Gasteiger partial charge in [0.2, 0.25) is 11.8 Å². The van der Waals surface area contributed by atoms with Gasteiger partial charge < -0.3 is 16.0 Å². The Morgan fingerprint density at radius 2 is 1.10 bits per heavy atom. The van der Waals surface area contributed by atoms with E-state index in [1.54, 1.807) is 0 Å². The Morgan fingerprint density at radius 3 is 1.50 bits per heavy atom. The van der Waals surface area contributed by atoms with Gasteiger partial charge in [-0.15, -0.1) is 12.4 Å². The number of carbonyl (C=O) groups is 2. The number of nitrogens with one attached hydrogen (secondary N) is 3. The molecule has 6 atom stereocenters. The van der Waals surface area contributed by atoms with Crippen LogP contribution in [0.5, 0.6) is 0 Å². The molecule has 5 rings (SSSR count). The van der Waals surface area contributed by atoms with Gasteiger partial charge >= 0.3 is 0 Å². The monoisotopic (exact) mass is 425 g/mol. The van der Waals surface area contributed by atoms with Crippen molar-refractivity contribution in [1.29, 1.82) is 0 Å². The zero-order chi connectivity index (χ0) is 19.8. The van der Waals surface area contributed by atoms with Gasteiger partial charge in [0.25, 0.3) is 0 Å². The average molecular weight is 426 g/mol. The Balaban J connectivity index is 0.00000218. The lowest BCUT2D eigenvalue weighted by atomic mass is 9.94. The molecule has 3 fully saturated rings. The third kappa shape index (κ3) is 4.37. The van der Waals surface area contributed by atoms with Gasteiger partial charge in [-0.05, 0) is 24.0 Å². The van der Waals surface area contributed by atoms with E-state index < -0.39 is 0 Å². The summed E-state index contributed by atoms with van der Waals surface area (Å²) >= 11 is 0. The summed E-state index contributed by atoms with van der Waals surface area (Å²) in [6, 6.07) is 21.0. The number of hydrogen-bond donors (Lipinski definition) is 3. The number of hydrogen-bond acceptors (Lipinski definition) is 3. The molecule has 0 unspecified atom stereocenters. The minimum atomic E-state index is -0.291. The smallest absolute Gasteiger partial charge is 0.225 e. The van der Waals surface area contributed by atoms with E-state index in [2.05, 4.69) is 40.2 Å². The van der Waals surface area contributed by atoms with Gasteiger partial charge in [-0.2, -0.15) is 0 Å². The molecule has 1 saturated heterocycles. The van der Waals surface area contributed by atoms with Gasteiger partial charge in [0, 0.05) is 37.0 Å². The van der Waals surface area contributed by atoms with E-state index in [9.17, 15) is 9.59 Å². The SMILES string of the molecule is Cl.O=C(N[C@H]1C[C@@H]1c1ccccc1)[C@@H]1CNC[C@H]1C(=O)N[C@H]1C[C@@H]1c1ccccc1. The summed E-state index contributed by atoms with van der Waals surface area (Å²) in [5.74, 6) is 0.240. The standard InChI is InChI=1S/C24H27N3O2.ClH/c28-23(26-21-11-17(21)15-7-3-1-4-8-15)19-13-25-14-20(19)24(29)27-22-12-18(22)16-9-5-2-6-10-16;/h1-10,17-22,25H,11-14H2,(H,26,28)(H,27,29);1H/t17-,18-,19-,20-,21+,22+;/m1./s1. The van der Waals surface area contributed by atoms with E-state index in [1.165, 1.54) is 11.1 Å². The van der Waals surface area contributed by atoms with Crippen molar-refractivity contribution in [3.63, 3.8) is 0 Å². The summed E-state index contributed by atoms with van der Waals surface area (Å²) in [4.78, 5) is 25.7. The number of amides is 2. The first kappa shape index (κ1) is 20.9. The third-order valence-electron chi connectivity index (χ3n) is 6.58. The molecule has 2 aromatic rings. The van der Waals surface area contributed by atoms with Crippen LogP contribution < -0.4 is 16.0 Å². The molecule has 5 nitrogen and oxygen atoms in total. The fourth-order valence-electron chi connectivity index (χ4n) is 4.66. The maximum Gasteiger partial charge on any atom is 0.225 e. The maximum atomic E-state index is 12.8. The molecular formula is C24H28ClN3O2. The lowest BCUT2D eigenvalue weighted by Crippen LogP contribution is -2.43. The van der Waals surface area contributed by atoms with Gasteiger partial charge in [0.05, 0.1) is 11.8 Å². The molecule has 0 aromatic heterocycles. The van der Waals surface area contributed by atoms with Gasteiger partial charge in [0.1, 0.15) is 0 Å². The van der Waals surface area contributed by atoms with Crippen molar-refractivity contribution in [1.82, 2.24) is 16.0 Å². The summed E-state index contributed by atoms with van der Waals surface area (Å²) in [5.41, 5.74) is 2.55.